The first-order valence-corrected chi connectivity index (χ1v) is 12.5. The molecule has 6 rings (SSSR count). The van der Waals surface area contributed by atoms with E-state index < -0.39 is 0 Å². The Balaban J connectivity index is 1.38. The Hall–Kier alpha value is -4.57. The van der Waals surface area contributed by atoms with Crippen molar-refractivity contribution in [3.05, 3.63) is 77.2 Å². The summed E-state index contributed by atoms with van der Waals surface area (Å²) in [6, 6.07) is 5.92. The van der Waals surface area contributed by atoms with Gasteiger partial charge in [0.15, 0.2) is 11.6 Å². The van der Waals surface area contributed by atoms with E-state index in [1.165, 1.54) is 0 Å². The molecule has 6 heterocycles. The minimum atomic E-state index is -0.0334. The van der Waals surface area contributed by atoms with Gasteiger partial charge in [-0.2, -0.15) is 16.4 Å². The summed E-state index contributed by atoms with van der Waals surface area (Å²) in [6.45, 7) is 1.97. The van der Waals surface area contributed by atoms with Gasteiger partial charge in [0.25, 0.3) is 0 Å². The van der Waals surface area contributed by atoms with E-state index >= 15 is 0 Å². The highest BCUT2D eigenvalue weighted by Gasteiger charge is 2.20. The number of imidazole rings is 1. The number of hydrogen-bond acceptors (Lipinski definition) is 7. The normalized spacial score (nSPS) is 12.6. The molecule has 4 N–H and O–H groups in total. The number of aromatic nitrogens is 6. The summed E-state index contributed by atoms with van der Waals surface area (Å²) in [5.41, 5.74) is 6.73. The first kappa shape index (κ1) is 21.9. The van der Waals surface area contributed by atoms with Crippen LogP contribution in [0, 0.1) is 0 Å². The van der Waals surface area contributed by atoms with Gasteiger partial charge in [-0.1, -0.05) is 13.0 Å². The van der Waals surface area contributed by atoms with E-state index in [2.05, 4.69) is 58.7 Å². The molecule has 0 fully saturated rings. The lowest BCUT2D eigenvalue weighted by Gasteiger charge is -2.06. The van der Waals surface area contributed by atoms with Crippen LogP contribution >= 0.6 is 11.3 Å². The highest BCUT2D eigenvalue weighted by atomic mass is 32.1. The molecule has 0 spiro atoms. The summed E-state index contributed by atoms with van der Waals surface area (Å²) >= 11 is 1.65. The van der Waals surface area contributed by atoms with Crippen molar-refractivity contribution in [1.82, 2.24) is 30.1 Å². The molecule has 1 aliphatic rings. The number of aromatic amines is 2. The highest BCUT2D eigenvalue weighted by Crippen LogP contribution is 2.35. The lowest BCUT2D eigenvalue weighted by molar-refractivity contribution is -0.116. The highest BCUT2D eigenvalue weighted by molar-refractivity contribution is 7.08. The van der Waals surface area contributed by atoms with E-state index in [-0.39, 0.29) is 5.91 Å². The van der Waals surface area contributed by atoms with E-state index in [1.54, 1.807) is 29.9 Å². The average molecular weight is 495 g/mol. The number of rotatable bonds is 6. The first-order valence-electron chi connectivity index (χ1n) is 11.6. The molecule has 0 saturated carbocycles. The second kappa shape index (κ2) is 9.23. The molecular formula is C26H22N8OS. The number of carbonyl (C=O) groups excluding carboxylic acids is 1. The van der Waals surface area contributed by atoms with Gasteiger partial charge in [-0.25, -0.2) is 4.98 Å². The summed E-state index contributed by atoms with van der Waals surface area (Å²) in [4.78, 5) is 29.2. The van der Waals surface area contributed by atoms with E-state index in [1.807, 2.05) is 31.3 Å². The largest absolute Gasteiger partial charge is 0.345 e. The molecule has 0 atom stereocenters. The first-order chi connectivity index (χ1) is 17.7. The Morgan fingerprint density at radius 2 is 2.11 bits per heavy atom. The molecule has 0 unspecified atom stereocenters. The van der Waals surface area contributed by atoms with Crippen molar-refractivity contribution in [2.75, 3.05) is 10.6 Å². The van der Waals surface area contributed by atoms with Crippen LogP contribution in [0.3, 0.4) is 0 Å². The van der Waals surface area contributed by atoms with E-state index in [0.717, 1.165) is 51.2 Å². The monoisotopic (exact) mass is 494 g/mol. The number of anilines is 2. The standard InChI is InChI=1S/C26H22N8OS/c1-2-4-22(35)30-17-9-16(11-27-12-17)20-10-19-21(13-29-20)33-34-24(19)26-31-23-18(15-6-8-36-14-15)5-3-7-28-25(23)32-26/h3,5-14,28H,2,4H2,1H3,(H,30,35)(H,31,32)(H,33,34). The molecule has 5 aromatic heterocycles. The zero-order valence-electron chi connectivity index (χ0n) is 19.4. The third kappa shape index (κ3) is 4.07. The molecular weight excluding hydrogens is 472 g/mol. The molecule has 178 valence electrons. The lowest BCUT2D eigenvalue weighted by atomic mass is 10.1. The van der Waals surface area contributed by atoms with Crippen molar-refractivity contribution in [3.8, 4) is 22.8 Å². The Kier molecular flexibility index (Phi) is 5.62. The maximum Gasteiger partial charge on any atom is 0.224 e. The molecule has 5 aromatic rings. The topological polar surface area (TPSA) is 124 Å². The maximum absolute atomic E-state index is 12.0. The van der Waals surface area contributed by atoms with Crippen LogP contribution in [0.1, 0.15) is 31.0 Å². The van der Waals surface area contributed by atoms with Crippen LogP contribution in [0.4, 0.5) is 11.5 Å². The maximum atomic E-state index is 12.0. The van der Waals surface area contributed by atoms with Gasteiger partial charge >= 0.3 is 0 Å². The van der Waals surface area contributed by atoms with Crippen LogP contribution in [-0.4, -0.2) is 36.0 Å². The summed E-state index contributed by atoms with van der Waals surface area (Å²) in [6.07, 6.45) is 12.3. The molecule has 36 heavy (non-hydrogen) atoms. The van der Waals surface area contributed by atoms with Crippen LogP contribution in [0.15, 0.2) is 65.9 Å². The fourth-order valence-electron chi connectivity index (χ4n) is 4.15. The zero-order chi connectivity index (χ0) is 24.5. The minimum absolute atomic E-state index is 0.0334. The quantitative estimate of drug-likeness (QED) is 0.244. The van der Waals surface area contributed by atoms with Gasteiger partial charge in [0.1, 0.15) is 5.69 Å². The number of carbonyl (C=O) groups is 1. The fourth-order valence-corrected chi connectivity index (χ4v) is 4.81. The third-order valence-electron chi connectivity index (χ3n) is 5.85. The van der Waals surface area contributed by atoms with Gasteiger partial charge in [-0.3, -0.25) is 19.9 Å². The average Bonchev–Trinajstić information content (AvgIpc) is 3.62. The van der Waals surface area contributed by atoms with Gasteiger partial charge in [0, 0.05) is 35.3 Å². The lowest BCUT2D eigenvalue weighted by Crippen LogP contribution is -2.10. The Morgan fingerprint density at radius 3 is 2.97 bits per heavy atom. The van der Waals surface area contributed by atoms with Crippen molar-refractivity contribution in [2.45, 2.75) is 19.8 Å². The third-order valence-corrected chi connectivity index (χ3v) is 6.53. The summed E-state index contributed by atoms with van der Waals surface area (Å²) < 4.78 is 0. The van der Waals surface area contributed by atoms with Gasteiger partial charge < -0.3 is 15.6 Å². The number of H-pyrrole nitrogens is 2. The van der Waals surface area contributed by atoms with Crippen LogP contribution < -0.4 is 10.6 Å². The molecule has 0 aromatic carbocycles. The number of pyridine rings is 2. The van der Waals surface area contributed by atoms with Crippen LogP contribution in [0.25, 0.3) is 39.3 Å². The molecule has 0 saturated heterocycles. The Morgan fingerprint density at radius 1 is 1.17 bits per heavy atom. The van der Waals surface area contributed by atoms with Crippen molar-refractivity contribution in [2.24, 2.45) is 0 Å². The molecule has 0 radical (unpaired) electrons. The van der Waals surface area contributed by atoms with Crippen molar-refractivity contribution in [1.29, 1.82) is 0 Å². The van der Waals surface area contributed by atoms with Gasteiger partial charge in [0.05, 0.1) is 35.0 Å². The van der Waals surface area contributed by atoms with Crippen molar-refractivity contribution >= 4 is 45.2 Å². The smallest absolute Gasteiger partial charge is 0.224 e. The molecule has 0 bridgehead atoms. The number of nitrogens with zero attached hydrogens (tertiary/aromatic N) is 4. The van der Waals surface area contributed by atoms with Crippen LogP contribution in [-0.2, 0) is 4.79 Å². The molecule has 10 heteroatoms. The van der Waals surface area contributed by atoms with Crippen molar-refractivity contribution in [3.63, 3.8) is 0 Å². The molecule has 0 aliphatic carbocycles. The molecule has 9 nitrogen and oxygen atoms in total. The number of allylic oxidation sites excluding steroid dienone is 2. The van der Waals surface area contributed by atoms with Crippen LogP contribution in [0.2, 0.25) is 0 Å². The van der Waals surface area contributed by atoms with E-state index in [4.69, 9.17) is 4.98 Å². The minimum Gasteiger partial charge on any atom is -0.345 e. The van der Waals surface area contributed by atoms with Gasteiger partial charge in [-0.15, -0.1) is 0 Å². The summed E-state index contributed by atoms with van der Waals surface area (Å²) in [7, 11) is 0. The van der Waals surface area contributed by atoms with Gasteiger partial charge in [-0.05, 0) is 47.0 Å². The summed E-state index contributed by atoms with van der Waals surface area (Å²) in [5, 5.41) is 18.8. The van der Waals surface area contributed by atoms with E-state index in [0.29, 0.717) is 23.6 Å². The van der Waals surface area contributed by atoms with Crippen LogP contribution in [0.5, 0.6) is 0 Å². The SMILES string of the molecule is CCCC(=O)Nc1cncc(-c2cc3c(-c4nc5c([nH]4)C(c4ccsc4)=CC=CN5)n[nH]c3cn2)c1. The Bertz CT molecular complexity index is 1630. The van der Waals surface area contributed by atoms with Gasteiger partial charge in [0.2, 0.25) is 5.91 Å². The number of thiophene rings is 1. The second-order valence-electron chi connectivity index (χ2n) is 8.35. The predicted molar refractivity (Wildman–Crippen MR) is 142 cm³/mol. The number of nitrogens with one attached hydrogen (secondary N) is 4. The zero-order valence-corrected chi connectivity index (χ0v) is 20.2. The number of amides is 1. The molecule has 1 aliphatic heterocycles. The van der Waals surface area contributed by atoms with E-state index in [9.17, 15) is 4.79 Å². The fraction of sp³-hybridized carbons (Fsp3) is 0.115. The number of hydrogen-bond donors (Lipinski definition) is 4. The molecule has 1 amide bonds. The second-order valence-corrected chi connectivity index (χ2v) is 9.13. The Labute approximate surface area is 210 Å². The van der Waals surface area contributed by atoms with Crippen molar-refractivity contribution < 1.29 is 4.79 Å². The summed E-state index contributed by atoms with van der Waals surface area (Å²) in [5.74, 6) is 1.35. The predicted octanol–water partition coefficient (Wildman–Crippen LogP) is 5.58. The number of fused-ring (bicyclic) bond motifs is 2.